The van der Waals surface area contributed by atoms with Crippen LogP contribution in [0.15, 0.2) is 0 Å². The van der Waals surface area contributed by atoms with Gasteiger partial charge in [0, 0.05) is 0 Å². The Balaban J connectivity index is 4.96. The highest BCUT2D eigenvalue weighted by Gasteiger charge is 2.59. The highest BCUT2D eigenvalue weighted by molar-refractivity contribution is 5.71. The van der Waals surface area contributed by atoms with E-state index in [9.17, 15) is 44.3 Å². The number of carbonyl (C=O) groups is 1. The molecular formula is C7H5F9O3. The van der Waals surface area contributed by atoms with E-state index in [1.54, 1.807) is 0 Å². The van der Waals surface area contributed by atoms with Gasteiger partial charge in [-0.3, -0.25) is 4.79 Å². The fourth-order valence-electron chi connectivity index (χ4n) is 0.873. The summed E-state index contributed by atoms with van der Waals surface area (Å²) in [4.78, 5) is 10.1. The SMILES string of the molecule is O=C(O)C(COC(C(F)(F)F)C(F)(F)F)C(F)(F)F. The molecule has 0 spiro atoms. The molecule has 0 radical (unpaired) electrons. The maximum Gasteiger partial charge on any atom is 0.423 e. The summed E-state index contributed by atoms with van der Waals surface area (Å²) >= 11 is 0. The van der Waals surface area contributed by atoms with Gasteiger partial charge >= 0.3 is 24.5 Å². The van der Waals surface area contributed by atoms with Crippen LogP contribution >= 0.6 is 0 Å². The summed E-state index contributed by atoms with van der Waals surface area (Å²) < 4.78 is 110. The lowest BCUT2D eigenvalue weighted by atomic mass is 10.1. The van der Waals surface area contributed by atoms with Crippen LogP contribution in [0.3, 0.4) is 0 Å². The van der Waals surface area contributed by atoms with Crippen molar-refractivity contribution < 1.29 is 54.2 Å². The number of carboxylic acids is 1. The molecule has 0 aliphatic rings. The molecule has 12 heteroatoms. The van der Waals surface area contributed by atoms with Crippen LogP contribution in [0, 0.1) is 5.92 Å². The Morgan fingerprint density at radius 1 is 0.895 bits per heavy atom. The Kier molecular flexibility index (Phi) is 5.08. The van der Waals surface area contributed by atoms with Crippen LogP contribution in [0.25, 0.3) is 0 Å². The number of alkyl halides is 9. The molecule has 0 aromatic carbocycles. The zero-order chi connectivity index (χ0) is 15.6. The molecule has 19 heavy (non-hydrogen) atoms. The quantitative estimate of drug-likeness (QED) is 0.812. The molecule has 1 unspecified atom stereocenters. The van der Waals surface area contributed by atoms with E-state index in [-0.39, 0.29) is 0 Å². The average molecular weight is 308 g/mol. The number of hydrogen-bond acceptors (Lipinski definition) is 2. The first-order chi connectivity index (χ1) is 8.17. The van der Waals surface area contributed by atoms with Gasteiger partial charge in [-0.2, -0.15) is 39.5 Å². The number of rotatable bonds is 4. The van der Waals surface area contributed by atoms with Gasteiger partial charge < -0.3 is 9.84 Å². The molecule has 0 rings (SSSR count). The maximum atomic E-state index is 12.0. The normalized spacial score (nSPS) is 15.7. The van der Waals surface area contributed by atoms with Crippen molar-refractivity contribution in [1.82, 2.24) is 0 Å². The molecule has 1 atom stereocenters. The van der Waals surface area contributed by atoms with Gasteiger partial charge in [-0.15, -0.1) is 0 Å². The fourth-order valence-corrected chi connectivity index (χ4v) is 0.873. The van der Waals surface area contributed by atoms with Gasteiger partial charge in [-0.05, 0) is 0 Å². The average Bonchev–Trinajstić information content (AvgIpc) is 2.04. The summed E-state index contributed by atoms with van der Waals surface area (Å²) in [5.74, 6) is -6.13. The molecule has 3 nitrogen and oxygen atoms in total. The predicted octanol–water partition coefficient (Wildman–Crippen LogP) is 2.76. The summed E-state index contributed by atoms with van der Waals surface area (Å²) in [5.41, 5.74) is 0. The van der Waals surface area contributed by atoms with Gasteiger partial charge in [0.15, 0.2) is 5.92 Å². The second kappa shape index (κ2) is 5.43. The second-order valence-corrected chi connectivity index (χ2v) is 3.23. The third-order valence-corrected chi connectivity index (χ3v) is 1.72. The van der Waals surface area contributed by atoms with E-state index in [2.05, 4.69) is 4.74 Å². The first kappa shape index (κ1) is 17.8. The number of carboxylic acid groups (broad SMARTS) is 1. The molecule has 114 valence electrons. The van der Waals surface area contributed by atoms with Crippen molar-refractivity contribution >= 4 is 5.97 Å². The van der Waals surface area contributed by atoms with Crippen LogP contribution in [-0.4, -0.2) is 42.3 Å². The van der Waals surface area contributed by atoms with E-state index in [1.807, 2.05) is 0 Å². The third kappa shape index (κ3) is 5.53. The predicted molar refractivity (Wildman–Crippen MR) is 39.0 cm³/mol. The highest BCUT2D eigenvalue weighted by atomic mass is 19.4. The van der Waals surface area contributed by atoms with Crippen LogP contribution in [0.5, 0.6) is 0 Å². The van der Waals surface area contributed by atoms with Crippen molar-refractivity contribution in [2.75, 3.05) is 6.61 Å². The molecule has 0 aliphatic heterocycles. The smallest absolute Gasteiger partial charge is 0.423 e. The molecule has 0 saturated heterocycles. The topological polar surface area (TPSA) is 46.5 Å². The molecule has 0 heterocycles. The Hall–Kier alpha value is -1.20. The van der Waals surface area contributed by atoms with Crippen LogP contribution in [0.4, 0.5) is 39.5 Å². The molecule has 0 aromatic rings. The van der Waals surface area contributed by atoms with Crippen molar-refractivity contribution in [3.8, 4) is 0 Å². The van der Waals surface area contributed by atoms with Crippen LogP contribution < -0.4 is 0 Å². The van der Waals surface area contributed by atoms with Gasteiger partial charge in [0.2, 0.25) is 6.10 Å². The Bertz CT molecular complexity index is 301. The van der Waals surface area contributed by atoms with E-state index in [4.69, 9.17) is 5.11 Å². The van der Waals surface area contributed by atoms with Crippen LogP contribution in [-0.2, 0) is 9.53 Å². The van der Waals surface area contributed by atoms with Crippen LogP contribution in [0.2, 0.25) is 0 Å². The largest absolute Gasteiger partial charge is 0.481 e. The van der Waals surface area contributed by atoms with Gasteiger partial charge in [-0.25, -0.2) is 0 Å². The first-order valence-corrected chi connectivity index (χ1v) is 4.22. The molecule has 0 aromatic heterocycles. The van der Waals surface area contributed by atoms with E-state index in [0.717, 1.165) is 0 Å². The Morgan fingerprint density at radius 3 is 1.47 bits per heavy atom. The van der Waals surface area contributed by atoms with Crippen LogP contribution in [0.1, 0.15) is 0 Å². The van der Waals surface area contributed by atoms with Gasteiger partial charge in [0.1, 0.15) is 0 Å². The zero-order valence-electron chi connectivity index (χ0n) is 8.53. The third-order valence-electron chi connectivity index (χ3n) is 1.72. The minimum absolute atomic E-state index is 2.30. The van der Waals surface area contributed by atoms with E-state index in [0.29, 0.717) is 0 Å². The summed E-state index contributed by atoms with van der Waals surface area (Å²) in [6.45, 7) is -2.30. The molecule has 0 fully saturated rings. The standard InChI is InChI=1S/C7H5F9O3/c8-5(9,10)2(3(17)18)1-19-4(6(11,12)13)7(14,15)16/h2,4H,1H2,(H,17,18). The second-order valence-electron chi connectivity index (χ2n) is 3.23. The lowest BCUT2D eigenvalue weighted by Gasteiger charge is -2.25. The monoisotopic (exact) mass is 308 g/mol. The van der Waals surface area contributed by atoms with Crippen molar-refractivity contribution in [2.24, 2.45) is 5.92 Å². The van der Waals surface area contributed by atoms with Gasteiger partial charge in [0.05, 0.1) is 6.61 Å². The first-order valence-electron chi connectivity index (χ1n) is 4.22. The summed E-state index contributed by atoms with van der Waals surface area (Å²) in [6.07, 6.45) is -22.0. The minimum atomic E-state index is -6.01. The van der Waals surface area contributed by atoms with E-state index < -0.39 is 43.1 Å². The molecule has 0 amide bonds. The maximum absolute atomic E-state index is 12.0. The fraction of sp³-hybridized carbons (Fsp3) is 0.857. The van der Waals surface area contributed by atoms with Gasteiger partial charge in [-0.1, -0.05) is 0 Å². The van der Waals surface area contributed by atoms with E-state index in [1.165, 1.54) is 0 Å². The number of halogens is 9. The number of hydrogen-bond donors (Lipinski definition) is 1. The highest BCUT2D eigenvalue weighted by Crippen LogP contribution is 2.37. The molecule has 0 saturated carbocycles. The Morgan fingerprint density at radius 2 is 1.26 bits per heavy atom. The van der Waals surface area contributed by atoms with E-state index >= 15 is 0 Å². The summed E-state index contributed by atoms with van der Waals surface area (Å²) in [6, 6.07) is 0. The van der Waals surface area contributed by atoms with Crippen molar-refractivity contribution in [1.29, 1.82) is 0 Å². The number of ether oxygens (including phenoxy) is 1. The lowest BCUT2D eigenvalue weighted by Crippen LogP contribution is -2.47. The lowest BCUT2D eigenvalue weighted by molar-refractivity contribution is -0.328. The van der Waals surface area contributed by atoms with Gasteiger partial charge in [0.25, 0.3) is 0 Å². The summed E-state index contributed by atoms with van der Waals surface area (Å²) in [7, 11) is 0. The Labute approximate surface area is 98.5 Å². The minimum Gasteiger partial charge on any atom is -0.481 e. The van der Waals surface area contributed by atoms with Crippen molar-refractivity contribution in [2.45, 2.75) is 24.6 Å². The zero-order valence-corrected chi connectivity index (χ0v) is 8.53. The molecule has 0 aliphatic carbocycles. The number of aliphatic carboxylic acids is 1. The molecular weight excluding hydrogens is 303 g/mol. The van der Waals surface area contributed by atoms with Crippen molar-refractivity contribution in [3.63, 3.8) is 0 Å². The summed E-state index contributed by atoms with van der Waals surface area (Å²) in [5, 5.41) is 8.06. The molecule has 0 bridgehead atoms. The molecule has 1 N–H and O–H groups in total. The van der Waals surface area contributed by atoms with Crippen molar-refractivity contribution in [3.05, 3.63) is 0 Å².